The van der Waals surface area contributed by atoms with Gasteiger partial charge in [-0.1, -0.05) is 0 Å². The molecule has 1 saturated heterocycles. The summed E-state index contributed by atoms with van der Waals surface area (Å²) in [5.41, 5.74) is -0.00592. The highest BCUT2D eigenvalue weighted by molar-refractivity contribution is 5.98. The monoisotopic (exact) mass is 281 g/mol. The topological polar surface area (TPSA) is 107 Å². The number of ether oxygens (including phenoxy) is 1. The lowest BCUT2D eigenvalue weighted by Crippen LogP contribution is -2.41. The van der Waals surface area contributed by atoms with E-state index in [9.17, 15) is 24.9 Å². The summed E-state index contributed by atoms with van der Waals surface area (Å²) < 4.78 is 4.65. The normalized spacial score (nSPS) is 18.1. The van der Waals surface area contributed by atoms with Crippen molar-refractivity contribution < 1.29 is 29.6 Å². The molecule has 0 bridgehead atoms. The molecule has 1 unspecified atom stereocenters. The standard InChI is InChI=1S/C13H15NO6/c1-20-13(19)8-3-2-4-14(8)12(18)7-5-9(15)11(17)10(16)6-7/h5-6,8,15-17H,2-4H2,1H3. The SMILES string of the molecule is COC(=O)C1CCCN1C(=O)c1cc(O)c(O)c(O)c1. The number of likely N-dealkylation sites (tertiary alicyclic amines) is 1. The summed E-state index contributed by atoms with van der Waals surface area (Å²) in [6.45, 7) is 0.390. The molecule has 1 aliphatic heterocycles. The van der Waals surface area contributed by atoms with Gasteiger partial charge in [-0.15, -0.1) is 0 Å². The third-order valence-corrected chi connectivity index (χ3v) is 3.30. The molecule has 7 heteroatoms. The van der Waals surface area contributed by atoms with Crippen LogP contribution < -0.4 is 0 Å². The minimum atomic E-state index is -0.688. The van der Waals surface area contributed by atoms with Gasteiger partial charge in [-0.3, -0.25) is 4.79 Å². The van der Waals surface area contributed by atoms with E-state index in [1.165, 1.54) is 12.0 Å². The number of carbonyl (C=O) groups excluding carboxylic acids is 2. The highest BCUT2D eigenvalue weighted by Crippen LogP contribution is 2.36. The van der Waals surface area contributed by atoms with E-state index >= 15 is 0 Å². The van der Waals surface area contributed by atoms with Crippen LogP contribution in [-0.4, -0.2) is 51.8 Å². The highest BCUT2D eigenvalue weighted by Gasteiger charge is 2.35. The molecule has 1 heterocycles. The van der Waals surface area contributed by atoms with Crippen molar-refractivity contribution in [2.24, 2.45) is 0 Å². The van der Waals surface area contributed by atoms with Gasteiger partial charge in [-0.2, -0.15) is 0 Å². The van der Waals surface area contributed by atoms with Crippen LogP contribution in [0.4, 0.5) is 0 Å². The van der Waals surface area contributed by atoms with Crippen LogP contribution in [-0.2, 0) is 9.53 Å². The van der Waals surface area contributed by atoms with Crippen LogP contribution in [0, 0.1) is 0 Å². The fraction of sp³-hybridized carbons (Fsp3) is 0.385. The molecule has 0 aliphatic carbocycles. The van der Waals surface area contributed by atoms with Gasteiger partial charge in [0.05, 0.1) is 7.11 Å². The van der Waals surface area contributed by atoms with Gasteiger partial charge in [0.25, 0.3) is 5.91 Å². The van der Waals surface area contributed by atoms with Crippen LogP contribution >= 0.6 is 0 Å². The summed E-state index contributed by atoms with van der Waals surface area (Å²) in [4.78, 5) is 25.2. The van der Waals surface area contributed by atoms with Crippen molar-refractivity contribution in [3.05, 3.63) is 17.7 Å². The highest BCUT2D eigenvalue weighted by atomic mass is 16.5. The van der Waals surface area contributed by atoms with Gasteiger partial charge >= 0.3 is 5.97 Å². The molecular weight excluding hydrogens is 266 g/mol. The first-order valence-corrected chi connectivity index (χ1v) is 6.09. The number of benzene rings is 1. The van der Waals surface area contributed by atoms with E-state index in [-0.39, 0.29) is 5.56 Å². The zero-order chi connectivity index (χ0) is 14.9. The van der Waals surface area contributed by atoms with Crippen molar-refractivity contribution in [2.45, 2.75) is 18.9 Å². The molecular formula is C13H15NO6. The summed E-state index contributed by atoms with van der Waals surface area (Å²) in [7, 11) is 1.25. The quantitative estimate of drug-likeness (QED) is 0.540. The second-order valence-corrected chi connectivity index (χ2v) is 4.54. The Morgan fingerprint density at radius 1 is 1.25 bits per heavy atom. The third kappa shape index (κ3) is 2.34. The first kappa shape index (κ1) is 14.0. The van der Waals surface area contributed by atoms with Crippen LogP contribution in [0.2, 0.25) is 0 Å². The molecule has 2 rings (SSSR count). The zero-order valence-electron chi connectivity index (χ0n) is 10.9. The lowest BCUT2D eigenvalue weighted by molar-refractivity contribution is -0.145. The smallest absolute Gasteiger partial charge is 0.328 e. The minimum absolute atomic E-state index is 0.00592. The first-order chi connectivity index (χ1) is 9.45. The number of esters is 1. The predicted octanol–water partition coefficient (Wildman–Crippen LogP) is 0.581. The number of amides is 1. The maximum absolute atomic E-state index is 12.3. The number of phenolic OH excluding ortho intramolecular Hbond substituents is 3. The molecule has 0 radical (unpaired) electrons. The summed E-state index contributed by atoms with van der Waals surface area (Å²) in [5.74, 6) is -2.89. The Morgan fingerprint density at radius 3 is 2.40 bits per heavy atom. The number of hydrogen-bond donors (Lipinski definition) is 3. The Morgan fingerprint density at radius 2 is 1.85 bits per heavy atom. The van der Waals surface area contributed by atoms with Gasteiger partial charge < -0.3 is 25.0 Å². The number of hydrogen-bond acceptors (Lipinski definition) is 6. The second kappa shape index (κ2) is 5.28. The molecule has 108 valence electrons. The van der Waals surface area contributed by atoms with Crippen LogP contribution in [0.1, 0.15) is 23.2 Å². The van der Waals surface area contributed by atoms with Gasteiger partial charge in [-0.25, -0.2) is 4.79 Å². The summed E-state index contributed by atoms with van der Waals surface area (Å²) in [5, 5.41) is 28.1. The molecule has 3 N–H and O–H groups in total. The lowest BCUT2D eigenvalue weighted by Gasteiger charge is -2.22. The van der Waals surface area contributed by atoms with E-state index in [2.05, 4.69) is 4.74 Å². The van der Waals surface area contributed by atoms with Gasteiger partial charge in [0, 0.05) is 12.1 Å². The van der Waals surface area contributed by atoms with Crippen LogP contribution in [0.5, 0.6) is 17.2 Å². The van der Waals surface area contributed by atoms with Crippen molar-refractivity contribution in [1.29, 1.82) is 0 Å². The van der Waals surface area contributed by atoms with Gasteiger partial charge in [0.15, 0.2) is 17.2 Å². The number of nitrogens with zero attached hydrogens (tertiary/aromatic N) is 1. The Balaban J connectivity index is 2.29. The Bertz CT molecular complexity index is 533. The van der Waals surface area contributed by atoms with Crippen LogP contribution in [0.15, 0.2) is 12.1 Å². The summed E-state index contributed by atoms with van der Waals surface area (Å²) in [6.07, 6.45) is 1.18. The van der Waals surface area contributed by atoms with Crippen LogP contribution in [0.25, 0.3) is 0 Å². The van der Waals surface area contributed by atoms with Crippen molar-refractivity contribution in [3.63, 3.8) is 0 Å². The maximum Gasteiger partial charge on any atom is 0.328 e. The van der Waals surface area contributed by atoms with Gasteiger partial charge in [0.2, 0.25) is 0 Å². The van der Waals surface area contributed by atoms with Crippen molar-refractivity contribution in [3.8, 4) is 17.2 Å². The molecule has 0 aromatic heterocycles. The number of carbonyl (C=O) groups is 2. The third-order valence-electron chi connectivity index (χ3n) is 3.30. The van der Waals surface area contributed by atoms with Crippen molar-refractivity contribution >= 4 is 11.9 Å². The second-order valence-electron chi connectivity index (χ2n) is 4.54. The van der Waals surface area contributed by atoms with E-state index in [0.29, 0.717) is 19.4 Å². The molecule has 0 saturated carbocycles. The zero-order valence-corrected chi connectivity index (χ0v) is 10.9. The van der Waals surface area contributed by atoms with Gasteiger partial charge in [0.1, 0.15) is 6.04 Å². The fourth-order valence-electron chi connectivity index (χ4n) is 2.28. The summed E-state index contributed by atoms with van der Waals surface area (Å²) in [6, 6.07) is 1.43. The Labute approximate surface area is 115 Å². The minimum Gasteiger partial charge on any atom is -0.504 e. The predicted molar refractivity (Wildman–Crippen MR) is 67.5 cm³/mol. The largest absolute Gasteiger partial charge is 0.504 e. The van der Waals surface area contributed by atoms with E-state index in [0.717, 1.165) is 12.1 Å². The first-order valence-electron chi connectivity index (χ1n) is 6.09. The average molecular weight is 281 g/mol. The Hall–Kier alpha value is -2.44. The number of methoxy groups -OCH3 is 1. The molecule has 1 aromatic rings. The molecule has 1 aliphatic rings. The summed E-state index contributed by atoms with van der Waals surface area (Å²) >= 11 is 0. The number of phenols is 3. The molecule has 7 nitrogen and oxygen atoms in total. The van der Waals surface area contributed by atoms with E-state index in [1.54, 1.807) is 0 Å². The molecule has 1 amide bonds. The van der Waals surface area contributed by atoms with Crippen molar-refractivity contribution in [2.75, 3.05) is 13.7 Å². The molecule has 1 atom stereocenters. The van der Waals surface area contributed by atoms with E-state index < -0.39 is 35.2 Å². The van der Waals surface area contributed by atoms with Gasteiger partial charge in [-0.05, 0) is 25.0 Å². The lowest BCUT2D eigenvalue weighted by atomic mass is 10.1. The van der Waals surface area contributed by atoms with E-state index in [4.69, 9.17) is 0 Å². The van der Waals surface area contributed by atoms with E-state index in [1.807, 2.05) is 0 Å². The fourth-order valence-corrected chi connectivity index (χ4v) is 2.28. The number of rotatable bonds is 2. The molecule has 1 aromatic carbocycles. The molecule has 0 spiro atoms. The molecule has 20 heavy (non-hydrogen) atoms. The maximum atomic E-state index is 12.3. The average Bonchev–Trinajstić information content (AvgIpc) is 2.91. The molecule has 1 fully saturated rings. The van der Waals surface area contributed by atoms with Crippen molar-refractivity contribution in [1.82, 2.24) is 4.90 Å². The Kier molecular flexibility index (Phi) is 3.69. The number of aromatic hydroxyl groups is 3. The van der Waals surface area contributed by atoms with Crippen LogP contribution in [0.3, 0.4) is 0 Å².